The molecule has 1 aromatic rings. The minimum atomic E-state index is -0.369. The fraction of sp³-hybridized carbons (Fsp3) is 0.588. The van der Waals surface area contributed by atoms with Crippen molar-refractivity contribution < 1.29 is 13.9 Å². The van der Waals surface area contributed by atoms with Crippen LogP contribution in [0, 0.1) is 5.92 Å². The molecule has 3 nitrogen and oxygen atoms in total. The molecule has 0 radical (unpaired) electrons. The fourth-order valence-electron chi connectivity index (χ4n) is 4.27. The lowest BCUT2D eigenvalue weighted by Crippen LogP contribution is -2.51. The summed E-state index contributed by atoms with van der Waals surface area (Å²) in [7, 11) is 1.43. The largest absolute Gasteiger partial charge is 0.469 e. The summed E-state index contributed by atoms with van der Waals surface area (Å²) in [6, 6.07) is 8.16. The molecular weight excluding hydrogens is 304 g/mol. The number of esters is 1. The SMILES string of the molecule is COC(=O)[C@@H]1C2CCC(C[C@@H]1c1ccc(Cl)cc1)N2CC[18F]. The van der Waals surface area contributed by atoms with Crippen LogP contribution in [0.15, 0.2) is 24.3 Å². The van der Waals surface area contributed by atoms with Crippen molar-refractivity contribution >= 4 is 17.6 Å². The number of nitrogens with zero attached hydrogens (tertiary/aromatic N) is 1. The van der Waals surface area contributed by atoms with Crippen molar-refractivity contribution in [3.63, 3.8) is 0 Å². The molecule has 2 bridgehead atoms. The molecule has 0 aliphatic carbocycles. The summed E-state index contributed by atoms with van der Waals surface area (Å²) in [4.78, 5) is 14.6. The molecule has 2 aliphatic heterocycles. The lowest BCUT2D eigenvalue weighted by Gasteiger charge is -2.43. The van der Waals surface area contributed by atoms with Crippen molar-refractivity contribution in [3.8, 4) is 0 Å². The summed E-state index contributed by atoms with van der Waals surface area (Å²) >= 11 is 5.97. The fourth-order valence-corrected chi connectivity index (χ4v) is 4.40. The Morgan fingerprint density at radius 3 is 2.73 bits per heavy atom. The zero-order chi connectivity index (χ0) is 15.7. The predicted molar refractivity (Wildman–Crippen MR) is 83.8 cm³/mol. The second kappa shape index (κ2) is 6.55. The molecule has 3 rings (SSSR count). The molecule has 0 amide bonds. The zero-order valence-electron chi connectivity index (χ0n) is 12.7. The molecule has 2 saturated heterocycles. The first-order valence-electron chi connectivity index (χ1n) is 7.80. The Hall–Kier alpha value is -1.13. The maximum Gasteiger partial charge on any atom is 0.310 e. The molecule has 2 fully saturated rings. The van der Waals surface area contributed by atoms with Crippen LogP contribution in [0.25, 0.3) is 0 Å². The molecule has 0 spiro atoms. The highest BCUT2D eigenvalue weighted by atomic mass is 35.5. The third-order valence-electron chi connectivity index (χ3n) is 5.18. The van der Waals surface area contributed by atoms with E-state index in [0.717, 1.165) is 24.8 Å². The van der Waals surface area contributed by atoms with Crippen LogP contribution in [0.5, 0.6) is 0 Å². The average molecular weight is 325 g/mol. The molecule has 1 aromatic carbocycles. The topological polar surface area (TPSA) is 29.5 Å². The van der Waals surface area contributed by atoms with E-state index in [2.05, 4.69) is 4.90 Å². The molecule has 2 aliphatic rings. The van der Waals surface area contributed by atoms with Crippen molar-refractivity contribution in [2.75, 3.05) is 20.3 Å². The van der Waals surface area contributed by atoms with Crippen LogP contribution in [0.1, 0.15) is 30.7 Å². The highest BCUT2D eigenvalue weighted by Gasteiger charge is 2.50. The van der Waals surface area contributed by atoms with E-state index in [0.29, 0.717) is 17.6 Å². The van der Waals surface area contributed by atoms with Crippen LogP contribution in [0.2, 0.25) is 5.02 Å². The number of methoxy groups -OCH3 is 1. The number of rotatable bonds is 4. The van der Waals surface area contributed by atoms with Crippen molar-refractivity contribution in [3.05, 3.63) is 34.9 Å². The number of carbonyl (C=O) groups excluding carboxylic acids is 1. The van der Waals surface area contributed by atoms with Crippen LogP contribution in [0.4, 0.5) is 4.39 Å². The molecule has 22 heavy (non-hydrogen) atoms. The van der Waals surface area contributed by atoms with Crippen molar-refractivity contribution in [1.82, 2.24) is 4.90 Å². The van der Waals surface area contributed by atoms with Gasteiger partial charge in [0.25, 0.3) is 0 Å². The summed E-state index contributed by atoms with van der Waals surface area (Å²) in [5.74, 6) is -0.288. The van der Waals surface area contributed by atoms with E-state index in [-0.39, 0.29) is 30.5 Å². The van der Waals surface area contributed by atoms with Gasteiger partial charge in [-0.05, 0) is 37.0 Å². The minimum absolute atomic E-state index is 0.0858. The summed E-state index contributed by atoms with van der Waals surface area (Å²) in [5, 5.41) is 0.691. The van der Waals surface area contributed by atoms with Crippen molar-refractivity contribution in [2.45, 2.75) is 37.3 Å². The second-order valence-electron chi connectivity index (χ2n) is 6.17. The molecular formula is C17H21ClFNO2. The van der Waals surface area contributed by atoms with E-state index >= 15 is 0 Å². The third kappa shape index (κ3) is 2.74. The van der Waals surface area contributed by atoms with Gasteiger partial charge in [0.15, 0.2) is 0 Å². The van der Waals surface area contributed by atoms with E-state index in [1.54, 1.807) is 0 Å². The maximum atomic E-state index is 12.9. The first kappa shape index (κ1) is 15.8. The van der Waals surface area contributed by atoms with Crippen molar-refractivity contribution in [1.29, 1.82) is 0 Å². The molecule has 0 saturated carbocycles. The second-order valence-corrected chi connectivity index (χ2v) is 6.60. The van der Waals surface area contributed by atoms with Crippen LogP contribution in [-0.2, 0) is 9.53 Å². The molecule has 4 atom stereocenters. The quantitative estimate of drug-likeness (QED) is 0.795. The average Bonchev–Trinajstić information content (AvgIpc) is 2.80. The Morgan fingerprint density at radius 1 is 1.36 bits per heavy atom. The Balaban J connectivity index is 1.92. The van der Waals surface area contributed by atoms with Gasteiger partial charge in [0.2, 0.25) is 0 Å². The van der Waals surface area contributed by atoms with Crippen LogP contribution < -0.4 is 0 Å². The maximum absolute atomic E-state index is 12.9. The van der Waals surface area contributed by atoms with Crippen LogP contribution in [0.3, 0.4) is 0 Å². The minimum Gasteiger partial charge on any atom is -0.469 e. The number of ether oxygens (including phenoxy) is 1. The molecule has 2 unspecified atom stereocenters. The summed E-state index contributed by atoms with van der Waals surface area (Å²) in [6.45, 7) is 0.0443. The Kier molecular flexibility index (Phi) is 4.69. The van der Waals surface area contributed by atoms with Gasteiger partial charge in [0, 0.05) is 29.6 Å². The Labute approximate surface area is 135 Å². The number of hydrogen-bond acceptors (Lipinski definition) is 3. The number of alkyl halides is 1. The van der Waals surface area contributed by atoms with Crippen LogP contribution >= 0.6 is 11.6 Å². The standard InChI is InChI=1S/C17H21ClFNO2/c1-22-17(21)16-14(11-2-4-12(18)5-3-11)10-13-6-7-15(16)20(13)9-8-19/h2-5,13-16H,6-10H2,1H3/t13?,14-,15?,16+/m1/s1/i19-1. The van der Waals surface area contributed by atoms with Crippen LogP contribution in [-0.4, -0.2) is 43.3 Å². The Morgan fingerprint density at radius 2 is 2.09 bits per heavy atom. The lowest BCUT2D eigenvalue weighted by atomic mass is 9.76. The number of hydrogen-bond donors (Lipinski definition) is 0. The number of piperidine rings is 1. The Bertz CT molecular complexity index is 536. The van der Waals surface area contributed by atoms with Gasteiger partial charge < -0.3 is 4.74 Å². The van der Waals surface area contributed by atoms with Crippen molar-refractivity contribution in [2.24, 2.45) is 5.92 Å². The molecule has 120 valence electrons. The summed E-state index contributed by atoms with van der Waals surface area (Å²) in [5.41, 5.74) is 1.12. The lowest BCUT2D eigenvalue weighted by molar-refractivity contribution is -0.150. The number of benzene rings is 1. The van der Waals surface area contributed by atoms with Gasteiger partial charge in [0.1, 0.15) is 6.67 Å². The predicted octanol–water partition coefficient (Wildman–Crippen LogP) is 3.42. The van der Waals surface area contributed by atoms with E-state index in [4.69, 9.17) is 16.3 Å². The van der Waals surface area contributed by atoms with Gasteiger partial charge in [-0.1, -0.05) is 23.7 Å². The zero-order valence-corrected chi connectivity index (χ0v) is 13.4. The smallest absolute Gasteiger partial charge is 0.310 e. The first-order valence-corrected chi connectivity index (χ1v) is 8.18. The highest BCUT2D eigenvalue weighted by molar-refractivity contribution is 6.30. The van der Waals surface area contributed by atoms with E-state index in [1.165, 1.54) is 7.11 Å². The van der Waals surface area contributed by atoms with E-state index < -0.39 is 0 Å². The molecule has 0 aromatic heterocycles. The monoisotopic (exact) mass is 324 g/mol. The molecule has 0 N–H and O–H groups in total. The van der Waals surface area contributed by atoms with E-state index in [1.807, 2.05) is 24.3 Å². The molecule has 5 heteroatoms. The first-order chi connectivity index (χ1) is 10.7. The highest BCUT2D eigenvalue weighted by Crippen LogP contribution is 2.47. The van der Waals surface area contributed by atoms with Gasteiger partial charge in [0.05, 0.1) is 13.0 Å². The van der Waals surface area contributed by atoms with Gasteiger partial charge in [-0.2, -0.15) is 0 Å². The molecule has 2 heterocycles. The number of halogens is 2. The summed E-state index contributed by atoms with van der Waals surface area (Å²) < 4.78 is 17.9. The van der Waals surface area contributed by atoms with E-state index in [9.17, 15) is 9.18 Å². The number of carbonyl (C=O) groups is 1. The van der Waals surface area contributed by atoms with Gasteiger partial charge in [-0.15, -0.1) is 0 Å². The summed E-state index contributed by atoms with van der Waals surface area (Å²) in [6.07, 6.45) is 2.84. The van der Waals surface area contributed by atoms with Gasteiger partial charge in [-0.3, -0.25) is 9.69 Å². The van der Waals surface area contributed by atoms with Gasteiger partial charge >= 0.3 is 5.97 Å². The van der Waals surface area contributed by atoms with Gasteiger partial charge in [-0.25, -0.2) is 4.39 Å². The third-order valence-corrected chi connectivity index (χ3v) is 5.43. The number of fused-ring (bicyclic) bond motifs is 2. The normalized spacial score (nSPS) is 31.2.